The van der Waals surface area contributed by atoms with Crippen LogP contribution >= 0.6 is 0 Å². The van der Waals surface area contributed by atoms with Gasteiger partial charge in [0.05, 0.1) is 0 Å². The lowest BCUT2D eigenvalue weighted by Gasteiger charge is -1.89. The number of aryl methyl sites for hydroxylation is 1. The summed E-state index contributed by atoms with van der Waals surface area (Å²) in [7, 11) is 0. The molecule has 1 aromatic rings. The summed E-state index contributed by atoms with van der Waals surface area (Å²) in [6, 6.07) is 3.88. The molecule has 54 valence electrons. The summed E-state index contributed by atoms with van der Waals surface area (Å²) in [5.74, 6) is 5.65. The van der Waals surface area contributed by atoms with Crippen molar-refractivity contribution in [1.82, 2.24) is 4.98 Å². The number of pyridine rings is 1. The van der Waals surface area contributed by atoms with Crippen molar-refractivity contribution < 1.29 is 0 Å². The van der Waals surface area contributed by atoms with Crippen LogP contribution in [0.1, 0.15) is 11.3 Å². The maximum absolute atomic E-state index is 4.10. The van der Waals surface area contributed by atoms with Gasteiger partial charge in [-0.05, 0) is 25.1 Å². The zero-order valence-corrected chi connectivity index (χ0v) is 6.46. The van der Waals surface area contributed by atoms with Gasteiger partial charge in [-0.1, -0.05) is 18.4 Å². The molecular weight excluding hydrogens is 134 g/mol. The smallest absolute Gasteiger partial charge is 0.0432 e. The van der Waals surface area contributed by atoms with Crippen molar-refractivity contribution in [3.8, 4) is 11.8 Å². The number of nitrogens with zero attached hydrogens (tertiary/aromatic N) is 1. The molecule has 0 N–H and O–H groups in total. The number of aromatic nitrogens is 1. The monoisotopic (exact) mass is 143 g/mol. The molecule has 0 spiro atoms. The third-order valence-electron chi connectivity index (χ3n) is 1.23. The highest BCUT2D eigenvalue weighted by Gasteiger charge is 1.85. The van der Waals surface area contributed by atoms with Crippen LogP contribution in [0, 0.1) is 18.8 Å². The molecule has 1 aromatic heterocycles. The molecule has 0 saturated carbocycles. The van der Waals surface area contributed by atoms with Crippen molar-refractivity contribution in [1.29, 1.82) is 0 Å². The van der Waals surface area contributed by atoms with Crippen LogP contribution in [0.5, 0.6) is 0 Å². The first-order valence-electron chi connectivity index (χ1n) is 3.38. The van der Waals surface area contributed by atoms with Gasteiger partial charge in [-0.15, -0.1) is 0 Å². The predicted molar refractivity (Wildman–Crippen MR) is 46.0 cm³/mol. The molecule has 11 heavy (non-hydrogen) atoms. The number of hydrogen-bond donors (Lipinski definition) is 0. The Hall–Kier alpha value is -1.55. The van der Waals surface area contributed by atoms with Gasteiger partial charge < -0.3 is 0 Å². The lowest BCUT2D eigenvalue weighted by atomic mass is 10.2. The molecule has 0 amide bonds. The van der Waals surface area contributed by atoms with E-state index in [2.05, 4.69) is 23.4 Å². The van der Waals surface area contributed by atoms with Crippen molar-refractivity contribution in [3.05, 3.63) is 42.2 Å². The molecular formula is C10H9N. The molecule has 1 heterocycles. The van der Waals surface area contributed by atoms with E-state index < -0.39 is 0 Å². The Kier molecular flexibility index (Phi) is 2.46. The second kappa shape index (κ2) is 3.58. The predicted octanol–water partition coefficient (Wildman–Crippen LogP) is 1.93. The highest BCUT2D eigenvalue weighted by molar-refractivity contribution is 5.34. The van der Waals surface area contributed by atoms with E-state index in [1.54, 1.807) is 12.3 Å². The van der Waals surface area contributed by atoms with Gasteiger partial charge in [0.1, 0.15) is 0 Å². The first kappa shape index (κ1) is 7.56. The third kappa shape index (κ3) is 2.27. The zero-order chi connectivity index (χ0) is 8.10. The fourth-order valence-electron chi connectivity index (χ4n) is 0.676. The Balaban J connectivity index is 2.90. The van der Waals surface area contributed by atoms with Gasteiger partial charge in [0.15, 0.2) is 0 Å². The average Bonchev–Trinajstić information content (AvgIpc) is 2.04. The van der Waals surface area contributed by atoms with E-state index in [9.17, 15) is 0 Å². The van der Waals surface area contributed by atoms with Crippen LogP contribution in [0.4, 0.5) is 0 Å². The fraction of sp³-hybridized carbons (Fsp3) is 0.100. The van der Waals surface area contributed by atoms with E-state index in [0.29, 0.717) is 0 Å². The van der Waals surface area contributed by atoms with Crippen LogP contribution in [-0.4, -0.2) is 4.98 Å². The summed E-state index contributed by atoms with van der Waals surface area (Å²) < 4.78 is 0. The molecule has 0 aliphatic heterocycles. The van der Waals surface area contributed by atoms with Crippen molar-refractivity contribution in [2.75, 3.05) is 0 Å². The van der Waals surface area contributed by atoms with E-state index in [-0.39, 0.29) is 0 Å². The Morgan fingerprint density at radius 3 is 2.91 bits per heavy atom. The average molecular weight is 143 g/mol. The molecule has 1 rings (SSSR count). The lowest BCUT2D eigenvalue weighted by molar-refractivity contribution is 1.19. The maximum Gasteiger partial charge on any atom is 0.0432 e. The highest BCUT2D eigenvalue weighted by Crippen LogP contribution is 1.95. The van der Waals surface area contributed by atoms with Gasteiger partial charge in [-0.3, -0.25) is 4.98 Å². The number of allylic oxidation sites excluding steroid dienone is 1. The molecule has 0 aliphatic carbocycles. The second-order valence-corrected chi connectivity index (χ2v) is 2.16. The topological polar surface area (TPSA) is 12.9 Å². The molecule has 0 bridgehead atoms. The summed E-state index contributed by atoms with van der Waals surface area (Å²) in [6.07, 6.45) is 3.33. The summed E-state index contributed by atoms with van der Waals surface area (Å²) in [5.41, 5.74) is 1.93. The van der Waals surface area contributed by atoms with E-state index >= 15 is 0 Å². The van der Waals surface area contributed by atoms with Gasteiger partial charge in [0.2, 0.25) is 0 Å². The van der Waals surface area contributed by atoms with Crippen LogP contribution in [-0.2, 0) is 0 Å². The second-order valence-electron chi connectivity index (χ2n) is 2.16. The molecule has 0 aromatic carbocycles. The van der Waals surface area contributed by atoms with Gasteiger partial charge in [0, 0.05) is 17.5 Å². The molecule has 0 unspecified atom stereocenters. The third-order valence-corrected chi connectivity index (χ3v) is 1.23. The standard InChI is InChI=1S/C10H9N/c1-3-4-5-10-7-6-9(2)11-8-10/h3,6-8H,1H2,2H3. The summed E-state index contributed by atoms with van der Waals surface area (Å²) >= 11 is 0. The van der Waals surface area contributed by atoms with Crippen LogP contribution in [0.2, 0.25) is 0 Å². The quantitative estimate of drug-likeness (QED) is 0.506. The molecule has 0 fully saturated rings. The van der Waals surface area contributed by atoms with Crippen molar-refractivity contribution in [2.45, 2.75) is 6.92 Å². The van der Waals surface area contributed by atoms with Gasteiger partial charge >= 0.3 is 0 Å². The summed E-state index contributed by atoms with van der Waals surface area (Å²) in [5, 5.41) is 0. The van der Waals surface area contributed by atoms with Crippen LogP contribution in [0.15, 0.2) is 31.0 Å². The Bertz CT molecular complexity index is 298. The minimum Gasteiger partial charge on any atom is -0.260 e. The van der Waals surface area contributed by atoms with Gasteiger partial charge in [-0.25, -0.2) is 0 Å². The summed E-state index contributed by atoms with van der Waals surface area (Å²) in [4.78, 5) is 4.10. The normalized spacial score (nSPS) is 8.09. The molecule has 0 atom stereocenters. The SMILES string of the molecule is C=CC#Cc1ccc(C)nc1. The largest absolute Gasteiger partial charge is 0.260 e. The zero-order valence-electron chi connectivity index (χ0n) is 6.46. The number of hydrogen-bond acceptors (Lipinski definition) is 1. The molecule has 0 saturated heterocycles. The summed E-state index contributed by atoms with van der Waals surface area (Å²) in [6.45, 7) is 5.45. The van der Waals surface area contributed by atoms with E-state index in [1.165, 1.54) is 0 Å². The molecule has 0 radical (unpaired) electrons. The molecule has 1 nitrogen and oxygen atoms in total. The van der Waals surface area contributed by atoms with E-state index in [4.69, 9.17) is 0 Å². The van der Waals surface area contributed by atoms with E-state index in [1.807, 2.05) is 19.1 Å². The highest BCUT2D eigenvalue weighted by atomic mass is 14.6. The molecule has 0 aliphatic rings. The van der Waals surface area contributed by atoms with Crippen LogP contribution < -0.4 is 0 Å². The Morgan fingerprint density at radius 2 is 2.36 bits per heavy atom. The van der Waals surface area contributed by atoms with Gasteiger partial charge in [0.25, 0.3) is 0 Å². The minimum atomic E-state index is 0.926. The molecule has 1 heteroatoms. The van der Waals surface area contributed by atoms with Crippen molar-refractivity contribution in [3.63, 3.8) is 0 Å². The van der Waals surface area contributed by atoms with Gasteiger partial charge in [-0.2, -0.15) is 0 Å². The lowest BCUT2D eigenvalue weighted by Crippen LogP contribution is -1.80. The first-order valence-corrected chi connectivity index (χ1v) is 3.38. The van der Waals surface area contributed by atoms with Crippen LogP contribution in [0.25, 0.3) is 0 Å². The van der Waals surface area contributed by atoms with Crippen LogP contribution in [0.3, 0.4) is 0 Å². The Labute approximate surface area is 66.8 Å². The minimum absolute atomic E-state index is 0.926. The van der Waals surface area contributed by atoms with Crippen molar-refractivity contribution >= 4 is 0 Å². The van der Waals surface area contributed by atoms with Crippen molar-refractivity contribution in [2.24, 2.45) is 0 Å². The fourth-order valence-corrected chi connectivity index (χ4v) is 0.676. The first-order chi connectivity index (χ1) is 5.33. The Morgan fingerprint density at radius 1 is 1.55 bits per heavy atom. The number of rotatable bonds is 0. The maximum atomic E-state index is 4.10. The van der Waals surface area contributed by atoms with E-state index in [0.717, 1.165) is 11.3 Å².